The quantitative estimate of drug-likeness (QED) is 0.669. The molecule has 0 aliphatic rings. The number of nitrogens with one attached hydrogen (secondary N) is 1. The van der Waals surface area contributed by atoms with Crippen LogP contribution in [0.4, 0.5) is 5.69 Å². The SMILES string of the molecule is CCOC(=O)C=C(C)Nc1ccc(Br)c(OC)c1. The highest BCUT2D eigenvalue weighted by molar-refractivity contribution is 9.10. The van der Waals surface area contributed by atoms with Gasteiger partial charge in [0.2, 0.25) is 0 Å². The second-order valence-electron chi connectivity index (χ2n) is 3.55. The van der Waals surface area contributed by atoms with Crippen LogP contribution in [0.3, 0.4) is 0 Å². The van der Waals surface area contributed by atoms with Gasteiger partial charge in [-0.2, -0.15) is 0 Å². The van der Waals surface area contributed by atoms with E-state index >= 15 is 0 Å². The fraction of sp³-hybridized carbons (Fsp3) is 0.308. The lowest BCUT2D eigenvalue weighted by Crippen LogP contribution is -2.04. The summed E-state index contributed by atoms with van der Waals surface area (Å²) >= 11 is 3.38. The Morgan fingerprint density at radius 2 is 2.22 bits per heavy atom. The Morgan fingerprint density at radius 3 is 2.83 bits per heavy atom. The molecule has 0 spiro atoms. The molecule has 4 nitrogen and oxygen atoms in total. The van der Waals surface area contributed by atoms with Gasteiger partial charge in [-0.1, -0.05) is 0 Å². The molecule has 0 saturated heterocycles. The molecule has 1 aromatic carbocycles. The summed E-state index contributed by atoms with van der Waals surface area (Å²) in [5, 5.41) is 3.09. The van der Waals surface area contributed by atoms with Gasteiger partial charge in [-0.05, 0) is 41.9 Å². The number of carbonyl (C=O) groups excluding carboxylic acids is 1. The predicted octanol–water partition coefficient (Wildman–Crippen LogP) is 3.34. The number of hydrogen-bond acceptors (Lipinski definition) is 4. The summed E-state index contributed by atoms with van der Waals surface area (Å²) in [6.07, 6.45) is 1.41. The van der Waals surface area contributed by atoms with E-state index in [0.29, 0.717) is 12.3 Å². The van der Waals surface area contributed by atoms with Gasteiger partial charge in [-0.25, -0.2) is 4.79 Å². The number of methoxy groups -OCH3 is 1. The van der Waals surface area contributed by atoms with Crippen molar-refractivity contribution in [1.82, 2.24) is 0 Å². The minimum atomic E-state index is -0.355. The fourth-order valence-corrected chi connectivity index (χ4v) is 1.77. The molecule has 5 heteroatoms. The van der Waals surface area contributed by atoms with Gasteiger partial charge >= 0.3 is 5.97 Å². The Hall–Kier alpha value is -1.49. The van der Waals surface area contributed by atoms with Crippen molar-refractivity contribution in [2.45, 2.75) is 13.8 Å². The van der Waals surface area contributed by atoms with Gasteiger partial charge in [0.05, 0.1) is 18.2 Å². The molecule has 0 aliphatic heterocycles. The Bertz CT molecular complexity index is 458. The molecule has 0 radical (unpaired) electrons. The molecule has 18 heavy (non-hydrogen) atoms. The molecule has 0 saturated carbocycles. The maximum atomic E-state index is 11.3. The number of esters is 1. The van der Waals surface area contributed by atoms with Crippen molar-refractivity contribution >= 4 is 27.6 Å². The van der Waals surface area contributed by atoms with Gasteiger partial charge in [0.25, 0.3) is 0 Å². The van der Waals surface area contributed by atoms with E-state index in [1.165, 1.54) is 6.08 Å². The molecule has 0 aliphatic carbocycles. The average Bonchev–Trinajstić information content (AvgIpc) is 2.31. The van der Waals surface area contributed by atoms with Crippen LogP contribution >= 0.6 is 15.9 Å². The zero-order valence-corrected chi connectivity index (χ0v) is 12.2. The summed E-state index contributed by atoms with van der Waals surface area (Å²) in [5.41, 5.74) is 1.55. The lowest BCUT2D eigenvalue weighted by molar-refractivity contribution is -0.137. The number of allylic oxidation sites excluding steroid dienone is 1. The zero-order valence-electron chi connectivity index (χ0n) is 10.6. The summed E-state index contributed by atoms with van der Waals surface area (Å²) in [5.74, 6) is 0.371. The van der Waals surface area contributed by atoms with Gasteiger partial charge in [0, 0.05) is 23.5 Å². The van der Waals surface area contributed by atoms with Crippen LogP contribution in [0, 0.1) is 0 Å². The molecule has 98 valence electrons. The molecule has 0 fully saturated rings. The molecule has 0 amide bonds. The third-order valence-electron chi connectivity index (χ3n) is 2.11. The van der Waals surface area contributed by atoms with Crippen LogP contribution in [0.2, 0.25) is 0 Å². The maximum absolute atomic E-state index is 11.3. The second-order valence-corrected chi connectivity index (χ2v) is 4.41. The molecular formula is C13H16BrNO3. The topological polar surface area (TPSA) is 47.6 Å². The summed E-state index contributed by atoms with van der Waals surface area (Å²) in [6, 6.07) is 5.60. The Balaban J connectivity index is 2.75. The molecule has 0 atom stereocenters. The second kappa shape index (κ2) is 7.06. The van der Waals surface area contributed by atoms with E-state index in [-0.39, 0.29) is 5.97 Å². The van der Waals surface area contributed by atoms with Crippen molar-refractivity contribution in [2.75, 3.05) is 19.0 Å². The average molecular weight is 314 g/mol. The molecule has 0 heterocycles. The van der Waals surface area contributed by atoms with Crippen LogP contribution in [0.15, 0.2) is 34.4 Å². The van der Waals surface area contributed by atoms with Crippen LogP contribution in [-0.4, -0.2) is 19.7 Å². The highest BCUT2D eigenvalue weighted by Gasteiger charge is 2.03. The predicted molar refractivity (Wildman–Crippen MR) is 74.7 cm³/mol. The van der Waals surface area contributed by atoms with E-state index in [9.17, 15) is 4.79 Å². The van der Waals surface area contributed by atoms with Crippen LogP contribution in [-0.2, 0) is 9.53 Å². The third kappa shape index (κ3) is 4.41. The standard InChI is InChI=1S/C13H16BrNO3/c1-4-18-13(16)7-9(2)15-10-5-6-11(14)12(8-10)17-3/h5-8,15H,4H2,1-3H3. The van der Waals surface area contributed by atoms with E-state index < -0.39 is 0 Å². The lowest BCUT2D eigenvalue weighted by Gasteiger charge is -2.09. The van der Waals surface area contributed by atoms with E-state index in [4.69, 9.17) is 9.47 Å². The first-order valence-electron chi connectivity index (χ1n) is 5.52. The number of ether oxygens (including phenoxy) is 2. The van der Waals surface area contributed by atoms with Gasteiger partial charge in [0.1, 0.15) is 5.75 Å². The largest absolute Gasteiger partial charge is 0.495 e. The summed E-state index contributed by atoms with van der Waals surface area (Å²) in [4.78, 5) is 11.3. The Kier molecular flexibility index (Phi) is 5.71. The van der Waals surface area contributed by atoms with E-state index in [1.807, 2.05) is 18.2 Å². The number of carbonyl (C=O) groups is 1. The van der Waals surface area contributed by atoms with Crippen LogP contribution in [0.25, 0.3) is 0 Å². The van der Waals surface area contributed by atoms with Gasteiger partial charge in [-0.15, -0.1) is 0 Å². The number of hydrogen-bond donors (Lipinski definition) is 1. The number of benzene rings is 1. The molecule has 0 bridgehead atoms. The molecule has 0 unspecified atom stereocenters. The summed E-state index contributed by atoms with van der Waals surface area (Å²) in [7, 11) is 1.60. The molecule has 0 aromatic heterocycles. The van der Waals surface area contributed by atoms with E-state index in [0.717, 1.165) is 15.9 Å². The highest BCUT2D eigenvalue weighted by Crippen LogP contribution is 2.28. The first-order chi connectivity index (χ1) is 8.56. The summed E-state index contributed by atoms with van der Waals surface area (Å²) < 4.78 is 10.9. The highest BCUT2D eigenvalue weighted by atomic mass is 79.9. The monoisotopic (exact) mass is 313 g/mol. The van der Waals surface area contributed by atoms with Gasteiger partial charge < -0.3 is 14.8 Å². The van der Waals surface area contributed by atoms with Crippen LogP contribution in [0.5, 0.6) is 5.75 Å². The smallest absolute Gasteiger partial charge is 0.332 e. The minimum absolute atomic E-state index is 0.355. The number of halogens is 1. The Morgan fingerprint density at radius 1 is 1.50 bits per heavy atom. The normalized spacial score (nSPS) is 11.0. The van der Waals surface area contributed by atoms with Crippen molar-refractivity contribution in [3.05, 3.63) is 34.4 Å². The van der Waals surface area contributed by atoms with Gasteiger partial charge in [0.15, 0.2) is 0 Å². The van der Waals surface area contributed by atoms with Gasteiger partial charge in [-0.3, -0.25) is 0 Å². The zero-order chi connectivity index (χ0) is 13.5. The van der Waals surface area contributed by atoms with Crippen molar-refractivity contribution in [3.8, 4) is 5.75 Å². The molecule has 1 rings (SSSR count). The van der Waals surface area contributed by atoms with Crippen LogP contribution in [0.1, 0.15) is 13.8 Å². The maximum Gasteiger partial charge on any atom is 0.332 e. The first kappa shape index (κ1) is 14.6. The van der Waals surface area contributed by atoms with E-state index in [2.05, 4.69) is 21.2 Å². The van der Waals surface area contributed by atoms with Crippen LogP contribution < -0.4 is 10.1 Å². The first-order valence-corrected chi connectivity index (χ1v) is 6.31. The fourth-order valence-electron chi connectivity index (χ4n) is 1.36. The lowest BCUT2D eigenvalue weighted by atomic mass is 10.3. The number of rotatable bonds is 5. The minimum Gasteiger partial charge on any atom is -0.495 e. The molecule has 1 aromatic rings. The molecule has 1 N–H and O–H groups in total. The summed E-state index contributed by atoms with van der Waals surface area (Å²) in [6.45, 7) is 3.94. The van der Waals surface area contributed by atoms with Crippen molar-refractivity contribution in [3.63, 3.8) is 0 Å². The van der Waals surface area contributed by atoms with Crippen molar-refractivity contribution in [2.24, 2.45) is 0 Å². The molecular weight excluding hydrogens is 298 g/mol. The van der Waals surface area contributed by atoms with Crippen molar-refractivity contribution in [1.29, 1.82) is 0 Å². The third-order valence-corrected chi connectivity index (χ3v) is 2.77. The Labute approximate surface area is 115 Å². The number of anilines is 1. The van der Waals surface area contributed by atoms with E-state index in [1.54, 1.807) is 21.0 Å². The van der Waals surface area contributed by atoms with Crippen molar-refractivity contribution < 1.29 is 14.3 Å².